The Kier molecular flexibility index (Phi) is 7.72. The standard InChI is InChI=1S/C18H36N2O/c1-6-18(10-7-11-19-14-18)17(21)20(12-8-15(2)3)13-9-16(4)5/h15-16,19H,6-14H2,1-5H3. The summed E-state index contributed by atoms with van der Waals surface area (Å²) < 4.78 is 0. The van der Waals surface area contributed by atoms with Crippen molar-refractivity contribution in [3.05, 3.63) is 0 Å². The zero-order chi connectivity index (χ0) is 15.9. The maximum absolute atomic E-state index is 13.2. The van der Waals surface area contributed by atoms with Crippen LogP contribution in [0.3, 0.4) is 0 Å². The molecule has 1 fully saturated rings. The molecule has 1 heterocycles. The fraction of sp³-hybridized carbons (Fsp3) is 0.944. The predicted molar refractivity (Wildman–Crippen MR) is 90.3 cm³/mol. The van der Waals surface area contributed by atoms with Crippen LogP contribution < -0.4 is 5.32 Å². The van der Waals surface area contributed by atoms with E-state index >= 15 is 0 Å². The van der Waals surface area contributed by atoms with E-state index in [9.17, 15) is 4.79 Å². The highest BCUT2D eigenvalue weighted by molar-refractivity contribution is 5.83. The van der Waals surface area contributed by atoms with Gasteiger partial charge in [0.25, 0.3) is 0 Å². The summed E-state index contributed by atoms with van der Waals surface area (Å²) in [6.07, 6.45) is 5.35. The highest BCUT2D eigenvalue weighted by atomic mass is 16.2. The molecule has 1 N–H and O–H groups in total. The van der Waals surface area contributed by atoms with Crippen LogP contribution in [0.25, 0.3) is 0 Å². The van der Waals surface area contributed by atoms with Crippen molar-refractivity contribution in [2.45, 2.75) is 66.7 Å². The number of nitrogens with one attached hydrogen (secondary N) is 1. The minimum Gasteiger partial charge on any atom is -0.342 e. The Labute approximate surface area is 131 Å². The van der Waals surface area contributed by atoms with Crippen molar-refractivity contribution in [3.8, 4) is 0 Å². The Hall–Kier alpha value is -0.570. The van der Waals surface area contributed by atoms with Gasteiger partial charge >= 0.3 is 0 Å². The van der Waals surface area contributed by atoms with Gasteiger partial charge in [-0.25, -0.2) is 0 Å². The van der Waals surface area contributed by atoms with Gasteiger partial charge in [-0.1, -0.05) is 34.6 Å². The van der Waals surface area contributed by atoms with Crippen molar-refractivity contribution in [2.24, 2.45) is 17.3 Å². The van der Waals surface area contributed by atoms with Gasteiger partial charge in [-0.2, -0.15) is 0 Å². The molecule has 1 unspecified atom stereocenters. The molecule has 0 saturated carbocycles. The third-order valence-electron chi connectivity index (χ3n) is 4.84. The fourth-order valence-electron chi connectivity index (χ4n) is 3.08. The molecule has 0 aromatic rings. The lowest BCUT2D eigenvalue weighted by molar-refractivity contribution is -0.144. The van der Waals surface area contributed by atoms with E-state index < -0.39 is 0 Å². The second kappa shape index (κ2) is 8.77. The van der Waals surface area contributed by atoms with E-state index in [1.54, 1.807) is 0 Å². The smallest absolute Gasteiger partial charge is 0.230 e. The maximum Gasteiger partial charge on any atom is 0.230 e. The first-order valence-electron chi connectivity index (χ1n) is 8.91. The molecule has 0 radical (unpaired) electrons. The van der Waals surface area contributed by atoms with Gasteiger partial charge in [0.1, 0.15) is 0 Å². The summed E-state index contributed by atoms with van der Waals surface area (Å²) in [6.45, 7) is 14.9. The number of hydrogen-bond acceptors (Lipinski definition) is 2. The van der Waals surface area contributed by atoms with Crippen LogP contribution in [-0.2, 0) is 4.79 Å². The van der Waals surface area contributed by atoms with Crippen LogP contribution in [0.4, 0.5) is 0 Å². The van der Waals surface area contributed by atoms with E-state index in [0.29, 0.717) is 17.7 Å². The Balaban J connectivity index is 2.75. The normalized spacial score (nSPS) is 22.8. The van der Waals surface area contributed by atoms with Crippen LogP contribution >= 0.6 is 0 Å². The van der Waals surface area contributed by atoms with Crippen molar-refractivity contribution >= 4 is 5.91 Å². The molecule has 0 spiro atoms. The lowest BCUT2D eigenvalue weighted by Crippen LogP contribution is -2.52. The number of carbonyl (C=O) groups excluding carboxylic acids is 1. The van der Waals surface area contributed by atoms with Gasteiger partial charge in [0.2, 0.25) is 5.91 Å². The quantitative estimate of drug-likeness (QED) is 0.741. The maximum atomic E-state index is 13.2. The highest BCUT2D eigenvalue weighted by Crippen LogP contribution is 2.32. The Morgan fingerprint density at radius 1 is 1.14 bits per heavy atom. The van der Waals surface area contributed by atoms with Crippen LogP contribution in [0.1, 0.15) is 66.7 Å². The number of amides is 1. The SMILES string of the molecule is CCC1(C(=O)N(CCC(C)C)CCC(C)C)CCCNC1. The van der Waals surface area contributed by atoms with Crippen molar-refractivity contribution < 1.29 is 4.79 Å². The molecule has 124 valence electrons. The van der Waals surface area contributed by atoms with Gasteiger partial charge in [-0.3, -0.25) is 4.79 Å². The second-order valence-electron chi connectivity index (χ2n) is 7.57. The number of piperidine rings is 1. The first kappa shape index (κ1) is 18.5. The summed E-state index contributed by atoms with van der Waals surface area (Å²) in [5.41, 5.74) is -0.147. The van der Waals surface area contributed by atoms with Crippen LogP contribution in [-0.4, -0.2) is 37.0 Å². The minimum absolute atomic E-state index is 0.147. The topological polar surface area (TPSA) is 32.3 Å². The third-order valence-corrected chi connectivity index (χ3v) is 4.84. The van der Waals surface area contributed by atoms with Crippen LogP contribution in [0.2, 0.25) is 0 Å². The Morgan fingerprint density at radius 2 is 1.71 bits per heavy atom. The van der Waals surface area contributed by atoms with E-state index in [1.807, 2.05) is 0 Å². The molecule has 3 nitrogen and oxygen atoms in total. The lowest BCUT2D eigenvalue weighted by atomic mass is 9.77. The third kappa shape index (κ3) is 5.61. The number of carbonyl (C=O) groups is 1. The zero-order valence-corrected chi connectivity index (χ0v) is 14.9. The molecular formula is C18H36N2O. The average molecular weight is 296 g/mol. The number of rotatable bonds is 8. The molecule has 1 aliphatic rings. The van der Waals surface area contributed by atoms with Gasteiger partial charge in [-0.05, 0) is 50.5 Å². The van der Waals surface area contributed by atoms with Crippen LogP contribution in [0.5, 0.6) is 0 Å². The molecule has 0 aromatic heterocycles. The molecule has 1 atom stereocenters. The van der Waals surface area contributed by atoms with Crippen molar-refractivity contribution in [2.75, 3.05) is 26.2 Å². The highest BCUT2D eigenvalue weighted by Gasteiger charge is 2.40. The van der Waals surface area contributed by atoms with E-state index in [2.05, 4.69) is 44.8 Å². The molecule has 3 heteroatoms. The van der Waals surface area contributed by atoms with Crippen LogP contribution in [0.15, 0.2) is 0 Å². The zero-order valence-electron chi connectivity index (χ0n) is 14.9. The summed E-state index contributed by atoms with van der Waals surface area (Å²) in [4.78, 5) is 15.3. The average Bonchev–Trinajstić information content (AvgIpc) is 2.47. The summed E-state index contributed by atoms with van der Waals surface area (Å²) >= 11 is 0. The number of hydrogen-bond donors (Lipinski definition) is 1. The first-order chi connectivity index (χ1) is 9.91. The molecule has 0 aliphatic carbocycles. The van der Waals surface area contributed by atoms with Crippen LogP contribution in [0, 0.1) is 17.3 Å². The molecule has 1 aliphatic heterocycles. The van der Waals surface area contributed by atoms with Crippen molar-refractivity contribution in [1.29, 1.82) is 0 Å². The first-order valence-corrected chi connectivity index (χ1v) is 8.91. The van der Waals surface area contributed by atoms with Gasteiger partial charge in [0.15, 0.2) is 0 Å². The summed E-state index contributed by atoms with van der Waals surface area (Å²) in [6, 6.07) is 0. The molecule has 1 rings (SSSR count). The molecule has 0 bridgehead atoms. The van der Waals surface area contributed by atoms with Crippen molar-refractivity contribution in [1.82, 2.24) is 10.2 Å². The second-order valence-corrected chi connectivity index (χ2v) is 7.57. The lowest BCUT2D eigenvalue weighted by Gasteiger charge is -2.40. The van der Waals surface area contributed by atoms with Gasteiger partial charge in [0.05, 0.1) is 5.41 Å². The van der Waals surface area contributed by atoms with E-state index in [-0.39, 0.29) is 5.41 Å². The number of nitrogens with zero attached hydrogens (tertiary/aromatic N) is 1. The molecular weight excluding hydrogens is 260 g/mol. The van der Waals surface area contributed by atoms with Gasteiger partial charge < -0.3 is 10.2 Å². The summed E-state index contributed by atoms with van der Waals surface area (Å²) in [5, 5.41) is 3.44. The summed E-state index contributed by atoms with van der Waals surface area (Å²) in [7, 11) is 0. The molecule has 0 aromatic carbocycles. The molecule has 1 saturated heterocycles. The van der Waals surface area contributed by atoms with E-state index in [4.69, 9.17) is 0 Å². The fourth-order valence-corrected chi connectivity index (χ4v) is 3.08. The Morgan fingerprint density at radius 3 is 2.10 bits per heavy atom. The van der Waals surface area contributed by atoms with Gasteiger partial charge in [0, 0.05) is 19.6 Å². The van der Waals surface area contributed by atoms with Crippen molar-refractivity contribution in [3.63, 3.8) is 0 Å². The van der Waals surface area contributed by atoms with E-state index in [1.165, 1.54) is 0 Å². The monoisotopic (exact) mass is 296 g/mol. The van der Waals surface area contributed by atoms with E-state index in [0.717, 1.165) is 58.3 Å². The van der Waals surface area contributed by atoms with Gasteiger partial charge in [-0.15, -0.1) is 0 Å². The largest absolute Gasteiger partial charge is 0.342 e. The summed E-state index contributed by atoms with van der Waals surface area (Å²) in [5.74, 6) is 1.71. The molecule has 1 amide bonds. The predicted octanol–water partition coefficient (Wildman–Crippen LogP) is 3.69. The molecule has 21 heavy (non-hydrogen) atoms. The minimum atomic E-state index is -0.147. The Bertz CT molecular complexity index is 294.